The van der Waals surface area contributed by atoms with Crippen molar-refractivity contribution >= 4 is 148 Å². The number of benzene rings is 6. The van der Waals surface area contributed by atoms with Crippen molar-refractivity contribution in [2.75, 3.05) is 165 Å². The van der Waals surface area contributed by atoms with Crippen LogP contribution in [0, 0.1) is 0 Å². The number of methoxy groups -OCH3 is 7. The van der Waals surface area contributed by atoms with Crippen LogP contribution in [0.2, 0.25) is 0 Å². The fourth-order valence-corrected chi connectivity index (χ4v) is 22.3. The number of aliphatic hydroxyl groups excluding tert-OH is 2. The molecule has 2 aromatic heterocycles. The predicted octanol–water partition coefficient (Wildman–Crippen LogP) is 11.9. The first kappa shape index (κ1) is 102. The number of hydrogen-bond acceptors (Lipinski definition) is 34. The van der Waals surface area contributed by atoms with Gasteiger partial charge in [-0.3, -0.25) is 48.2 Å². The molecule has 2 bridgehead atoms. The van der Waals surface area contributed by atoms with Crippen LogP contribution in [-0.4, -0.2) is 319 Å². The zero-order valence-electron chi connectivity index (χ0n) is 77.2. The number of nitrogens with one attached hydrogen (secondary N) is 2. The van der Waals surface area contributed by atoms with Crippen LogP contribution in [0.4, 0.5) is 0 Å². The van der Waals surface area contributed by atoms with E-state index in [9.17, 15) is 58.8 Å². The summed E-state index contributed by atoms with van der Waals surface area (Å²) in [6.07, 6.45) is 13.3. The summed E-state index contributed by atoms with van der Waals surface area (Å²) in [6, 6.07) is 23.0. The molecule has 8 atom stereocenters. The maximum absolute atomic E-state index is 14.7. The Balaban J connectivity index is 0.000000237. The molecule has 6 unspecified atom stereocenters. The van der Waals surface area contributed by atoms with Gasteiger partial charge in [0.25, 0.3) is 11.8 Å². The number of likely N-dealkylation sites (N-methyl/N-ethyl adjacent to an activating group) is 6. The Hall–Kier alpha value is -12.1. The molecule has 6 N–H and O–H groups in total. The van der Waals surface area contributed by atoms with Crippen LogP contribution >= 0.6 is 68.6 Å². The van der Waals surface area contributed by atoms with Crippen LogP contribution in [0.1, 0.15) is 66.4 Å². The fraction of sp³-hybridized carbons (Fsp3) is 0.398. The molecule has 0 fully saturated rings. The Morgan fingerprint density at radius 1 is 0.481 bits per heavy atom. The van der Waals surface area contributed by atoms with E-state index in [1.165, 1.54) is 108 Å². The number of allylic oxidation sites excluding steroid dienone is 2. The third kappa shape index (κ3) is 23.9. The molecule has 0 spiro atoms. The van der Waals surface area contributed by atoms with Crippen molar-refractivity contribution < 1.29 is 96.7 Å². The third-order valence-corrected chi connectivity index (χ3v) is 29.6. The van der Waals surface area contributed by atoms with E-state index >= 15 is 0 Å². The maximum atomic E-state index is 14.7. The van der Waals surface area contributed by atoms with E-state index in [1.54, 1.807) is 123 Å². The number of para-hydroxylation sites is 2. The molecule has 0 saturated carbocycles. The number of aliphatic hydroxyl groups is 2. The van der Waals surface area contributed by atoms with Crippen LogP contribution in [0.5, 0.6) is 63.2 Å². The van der Waals surface area contributed by atoms with E-state index in [-0.39, 0.29) is 35.1 Å². The van der Waals surface area contributed by atoms with Crippen LogP contribution in [0.15, 0.2) is 158 Å². The lowest BCUT2D eigenvalue weighted by Gasteiger charge is -2.40. The smallest absolute Gasteiger partial charge is 0.274 e. The molecule has 6 amide bonds. The van der Waals surface area contributed by atoms with Gasteiger partial charge in [0.1, 0.15) is 66.6 Å². The maximum Gasteiger partial charge on any atom is 0.274 e. The summed E-state index contributed by atoms with van der Waals surface area (Å²) in [6.45, 7) is 0.357. The first-order valence-corrected chi connectivity index (χ1v) is 49.8. The second-order valence-corrected chi connectivity index (χ2v) is 38.2. The average molecular weight is 1960 g/mol. The standard InChI is InChI=1S/C48H56N10O12S6.C41H48N2O8.C4H4N4/c1-55-31-23-75-76-24-32(46(68)58(4)34(22-72-6)48(70)74-19-29(41(63)49-17-37(55)61)53-43(65)39-35(59)15-25-11-7-9-13-27(25)51-39)56(2)38(62)18-50-42(64)30(20-73-47(69)33(21-71-5)57(3)45(31)67)54-44(66)40-36(60)16-26-12-8-10-14-28(26)52-40;1-42-12-10-23-16-32(44-3)34(46-5)20-27(23)29(42)15-26-19-33(45-4)36(48-7)22-31(26)51-37-18-25-14-30-39-24(11-13-43(30)2)17-38(49-8)41(50-9)40(39)28(25)21-35(37)47-6;1-2-4-6-8-7-5-3-1/h7-16,29-34,59-60H,17-24H2,1-6H3,(H,49,63)(H,50,64)(H,53,65)(H,54,66);16-22,29-30H,10-15H2,1-9H3;1-4H/t;29-,30-;/m.0./s1. The summed E-state index contributed by atoms with van der Waals surface area (Å²) in [5, 5.41) is 63.2. The van der Waals surface area contributed by atoms with E-state index in [0.29, 0.717) is 86.2 Å². The Morgan fingerprint density at radius 3 is 1.43 bits per heavy atom. The van der Waals surface area contributed by atoms with Gasteiger partial charge in [-0.1, -0.05) is 81.5 Å². The predicted molar refractivity (Wildman–Crippen MR) is 526 cm³/mol. The Morgan fingerprint density at radius 2 is 0.933 bits per heavy atom. The quantitative estimate of drug-likeness (QED) is 0.0409. The van der Waals surface area contributed by atoms with Crippen LogP contribution in [-0.2, 0) is 54.5 Å². The van der Waals surface area contributed by atoms with Gasteiger partial charge in [-0.25, -0.2) is 20.0 Å². The van der Waals surface area contributed by atoms with Crippen LogP contribution in [0.25, 0.3) is 32.9 Å². The minimum atomic E-state index is -1.48. The largest absolute Gasteiger partial charge is 0.505 e. The molecule has 6 aromatic carbocycles. The van der Waals surface area contributed by atoms with Gasteiger partial charge in [-0.05, 0) is 169 Å². The molecule has 716 valence electrons. The molecule has 1 aliphatic carbocycles. The second kappa shape index (κ2) is 47.4. The molecule has 6 aliphatic rings. The molecule has 0 radical (unpaired) electrons. The van der Waals surface area contributed by atoms with Gasteiger partial charge in [0.05, 0.1) is 73.2 Å². The summed E-state index contributed by atoms with van der Waals surface area (Å²) in [5.41, 5.74) is 9.25. The number of pyridine rings is 2. The zero-order chi connectivity index (χ0) is 97.0. The minimum Gasteiger partial charge on any atom is -0.505 e. The average Bonchev–Trinajstić information content (AvgIpc) is 0.720. The molecule has 42 heteroatoms. The van der Waals surface area contributed by atoms with Crippen LogP contribution < -0.4 is 48.5 Å². The van der Waals surface area contributed by atoms with Gasteiger partial charge in [-0.2, -0.15) is 23.5 Å². The number of carbonyl (C=O) groups is 8. The number of amides is 6. The van der Waals surface area contributed by atoms with Gasteiger partial charge < -0.3 is 88.6 Å². The van der Waals surface area contributed by atoms with Gasteiger partial charge in [0.15, 0.2) is 57.4 Å². The highest BCUT2D eigenvalue weighted by atomic mass is 33.1. The topological polar surface area (TPSA) is 435 Å². The second-order valence-electron chi connectivity index (χ2n) is 31.7. The van der Waals surface area contributed by atoms with E-state index in [1.807, 2.05) is 12.1 Å². The Bertz CT molecular complexity index is 5700. The summed E-state index contributed by atoms with van der Waals surface area (Å²) in [5.74, 6) is -2.21. The van der Waals surface area contributed by atoms with Crippen molar-refractivity contribution in [3.8, 4) is 74.4 Å². The van der Waals surface area contributed by atoms with Crippen molar-refractivity contribution in [2.24, 2.45) is 30.7 Å². The Labute approximate surface area is 806 Å². The van der Waals surface area contributed by atoms with Crippen molar-refractivity contribution in [1.29, 1.82) is 0 Å². The van der Waals surface area contributed by atoms with E-state index in [2.05, 4.69) is 105 Å². The monoisotopic (exact) mass is 1960 g/mol. The fourth-order valence-electron chi connectivity index (χ4n) is 16.1. The summed E-state index contributed by atoms with van der Waals surface area (Å²) >= 11 is 3.77. The lowest BCUT2D eigenvalue weighted by Crippen LogP contribution is -2.55. The van der Waals surface area contributed by atoms with Crippen LogP contribution in [0.3, 0.4) is 0 Å². The first-order chi connectivity index (χ1) is 65.0. The highest BCUT2D eigenvalue weighted by molar-refractivity contribution is 8.76. The minimum absolute atomic E-state index is 0.0504. The zero-order valence-corrected chi connectivity index (χ0v) is 82.1. The number of ether oxygens (including phenoxy) is 8. The highest BCUT2D eigenvalue weighted by Crippen LogP contribution is 2.55. The van der Waals surface area contributed by atoms with E-state index in [4.69, 9.17) is 37.9 Å². The number of aliphatic imine (C=N–C) groups is 2. The number of nitrogens with zero attached hydrogens (tertiary/aromatic N) is 14. The summed E-state index contributed by atoms with van der Waals surface area (Å²) < 4.78 is 47.8. The number of carbonyl (C=O) groups excluding carboxylic acids is 8. The lowest BCUT2D eigenvalue weighted by molar-refractivity contribution is -0.144. The number of aromatic hydroxyl groups is 2. The molecule has 14 rings (SSSR count). The first-order valence-electron chi connectivity index (χ1n) is 42.6. The van der Waals surface area contributed by atoms with Crippen molar-refractivity contribution in [3.05, 3.63) is 172 Å². The van der Waals surface area contributed by atoms with E-state index in [0.717, 1.165) is 103 Å². The summed E-state index contributed by atoms with van der Waals surface area (Å²) in [7, 11) is 23.7. The normalized spacial score (nSPS) is 20.5. The van der Waals surface area contributed by atoms with Crippen molar-refractivity contribution in [1.82, 2.24) is 50.0 Å². The molecule has 0 saturated heterocycles. The van der Waals surface area contributed by atoms with Gasteiger partial charge in [-0.15, -0.1) is 10.2 Å². The molecular formula is C93H108N16O20S6. The molecule has 5 aliphatic heterocycles. The van der Waals surface area contributed by atoms with Gasteiger partial charge in [0, 0.05) is 116 Å². The molecule has 135 heavy (non-hydrogen) atoms. The van der Waals surface area contributed by atoms with Crippen molar-refractivity contribution in [2.45, 2.75) is 74.0 Å². The van der Waals surface area contributed by atoms with Gasteiger partial charge >= 0.3 is 0 Å². The SMILES string of the molecule is C1=CN=NN=NC=C1.COc1cc(C[C@H]2c3cc(OC)c(OC)cc3CCN2C)c(Oc2cc3c(cc2OC)-c2c(OC)c(OC)cc4c2[C@H](C3)N(C)CC4)cc1OC.CSCC1C(=O)SCC(NC(=O)c2nc3ccccc3cc2O)C(O)=NCC(=O)N(C)C2CSSCC(C(=O)N1C)N(C)C(=O)CN=C(O)C(NC(=O)c1nc3ccccc3cc1O)CSC(=O)C(CSC)N(C)C2=O. The number of hydrogen-bond donors (Lipinski definition) is 6. The number of fused-ring (bicyclic) bond motifs is 10. The molecule has 36 nitrogen and oxygen atoms in total. The molecular weight excluding hydrogens is 1850 g/mol. The molecule has 7 heterocycles. The summed E-state index contributed by atoms with van der Waals surface area (Å²) in [4.78, 5) is 140. The lowest BCUT2D eigenvalue weighted by atomic mass is 9.76. The highest BCUT2D eigenvalue weighted by Gasteiger charge is 2.42. The number of aromatic nitrogens is 2. The Kier molecular flexibility index (Phi) is 35.8. The van der Waals surface area contributed by atoms with Gasteiger partial charge in [0.2, 0.25) is 45.7 Å². The third-order valence-electron chi connectivity index (χ3n) is 23.8. The number of rotatable bonds is 19. The van der Waals surface area contributed by atoms with E-state index < -0.39 is 141 Å². The number of thioether (sulfide) groups is 4. The molecule has 8 aromatic rings. The van der Waals surface area contributed by atoms with Crippen molar-refractivity contribution in [3.63, 3.8) is 0 Å².